The van der Waals surface area contributed by atoms with Crippen LogP contribution in [0, 0.1) is 17.0 Å². The van der Waals surface area contributed by atoms with Crippen molar-refractivity contribution in [3.8, 4) is 23.0 Å². The van der Waals surface area contributed by atoms with Crippen molar-refractivity contribution in [1.82, 2.24) is 54.5 Å². The van der Waals surface area contributed by atoms with Crippen LogP contribution in [-0.2, 0) is 0 Å². The van der Waals surface area contributed by atoms with Crippen LogP contribution in [0.1, 0.15) is 27.1 Å². The number of primary amides is 2. The summed E-state index contributed by atoms with van der Waals surface area (Å²) in [5, 5.41) is 106. The highest BCUT2D eigenvalue weighted by molar-refractivity contribution is 7.16. The molecule has 0 fully saturated rings. The Kier molecular flexibility index (Phi) is 30.1. The molecule has 5 aromatic carbocycles. The quantitative estimate of drug-likeness (QED) is 0.0144. The van der Waals surface area contributed by atoms with Gasteiger partial charge in [0.05, 0.1) is 39.7 Å². The lowest BCUT2D eigenvalue weighted by Crippen LogP contribution is -2.34. The summed E-state index contributed by atoms with van der Waals surface area (Å²) in [7, 11) is 0. The molecule has 0 aliphatic rings. The van der Waals surface area contributed by atoms with E-state index in [2.05, 4.69) is 62.2 Å². The van der Waals surface area contributed by atoms with Crippen molar-refractivity contribution in [2.45, 2.75) is 6.92 Å². The molecule has 6 aromatic rings. The smallest absolute Gasteiger partial charge is 0.358 e. The minimum absolute atomic E-state index is 0.0111. The van der Waals surface area contributed by atoms with Crippen molar-refractivity contribution < 1.29 is 80.2 Å². The van der Waals surface area contributed by atoms with Crippen LogP contribution in [0.2, 0.25) is 10.0 Å². The van der Waals surface area contributed by atoms with Gasteiger partial charge in [0.2, 0.25) is 5.75 Å². The van der Waals surface area contributed by atoms with Crippen LogP contribution in [0.5, 0.6) is 23.0 Å². The van der Waals surface area contributed by atoms with Crippen LogP contribution in [0.4, 0.5) is 33.8 Å². The number of fused-ring (bicyclic) bond motifs is 2. The Morgan fingerprint density at radius 2 is 0.987 bits per heavy atom. The predicted octanol–water partition coefficient (Wildman–Crippen LogP) is 3.12. The van der Waals surface area contributed by atoms with E-state index in [9.17, 15) is 49.1 Å². The third kappa shape index (κ3) is 24.2. The second-order valence-electron chi connectivity index (χ2n) is 13.5. The third-order valence-electron chi connectivity index (χ3n) is 8.37. The lowest BCUT2D eigenvalue weighted by Gasteiger charge is -2.11. The first-order valence-corrected chi connectivity index (χ1v) is 22.0. The van der Waals surface area contributed by atoms with Crippen LogP contribution >= 0.6 is 34.5 Å². The van der Waals surface area contributed by atoms with Crippen molar-refractivity contribution in [3.05, 3.63) is 132 Å². The number of hydrazone groups is 4. The van der Waals surface area contributed by atoms with Gasteiger partial charge in [0.15, 0.2) is 11.5 Å². The number of amides is 12. The molecule has 422 valence electrons. The van der Waals surface area contributed by atoms with E-state index in [1.54, 1.807) is 11.6 Å². The number of hydrogen-bond donors (Lipinski definition) is 22. The number of nitrogens with two attached hydrogens (primary N) is 3. The van der Waals surface area contributed by atoms with Crippen LogP contribution in [0.3, 0.4) is 0 Å². The summed E-state index contributed by atoms with van der Waals surface area (Å²) in [6.07, 6.45) is 4.97. The second kappa shape index (κ2) is 35.7. The molecule has 1 heterocycles. The number of phenols is 4. The Hall–Kier alpha value is -10.4. The SMILES string of the molecule is Cc1c2ccccc2c(C=NNC(=O)NO)c2ccccc12.NC(=O)NO.NNC(N)=O.O=C(NO)NN=Cc1cc(Cl)cc(Cl)c1O.O=C(NO)NN=Cc1ccc(O)c(O)c1O.O=C(NO)NN=Cc1ccc([N+](=O)[O-])s1. The minimum Gasteiger partial charge on any atom is -0.506 e. The number of hydrogen-bond acceptors (Lipinski definition) is 23. The molecule has 0 radical (unpaired) electrons. The highest BCUT2D eigenvalue weighted by Gasteiger charge is 2.12. The lowest BCUT2D eigenvalue weighted by atomic mass is 9.93. The molecular formula is C41H46Cl2N18O17S. The maximum absolute atomic E-state index is 11.0. The topological polar surface area (TPSA) is 575 Å². The van der Waals surface area contributed by atoms with Crippen molar-refractivity contribution in [2.75, 3.05) is 0 Å². The van der Waals surface area contributed by atoms with Gasteiger partial charge in [-0.3, -0.25) is 41.6 Å². The van der Waals surface area contributed by atoms with Gasteiger partial charge in [-0.15, -0.1) is 0 Å². The third-order valence-corrected chi connectivity index (χ3v) is 9.85. The van der Waals surface area contributed by atoms with Gasteiger partial charge in [-0.1, -0.05) is 83.1 Å². The highest BCUT2D eigenvalue weighted by atomic mass is 35.5. The first kappa shape index (κ1) is 66.6. The maximum Gasteiger partial charge on any atom is 0.358 e. The van der Waals surface area contributed by atoms with Crippen LogP contribution < -0.4 is 71.8 Å². The van der Waals surface area contributed by atoms with E-state index < -0.39 is 58.4 Å². The summed E-state index contributed by atoms with van der Waals surface area (Å²) >= 11 is 12.3. The van der Waals surface area contributed by atoms with Gasteiger partial charge < -0.3 is 31.9 Å². The fourth-order valence-electron chi connectivity index (χ4n) is 5.13. The predicted molar refractivity (Wildman–Crippen MR) is 282 cm³/mol. The molecule has 12 amide bonds. The van der Waals surface area contributed by atoms with Gasteiger partial charge in [0.1, 0.15) is 5.75 Å². The Bertz CT molecular complexity index is 3120. The van der Waals surface area contributed by atoms with Crippen molar-refractivity contribution >= 4 is 122 Å². The van der Waals surface area contributed by atoms with Gasteiger partial charge in [0.25, 0.3) is 0 Å². The van der Waals surface area contributed by atoms with Gasteiger partial charge in [-0.25, -0.2) is 83.7 Å². The van der Waals surface area contributed by atoms with E-state index in [0.29, 0.717) is 9.90 Å². The van der Waals surface area contributed by atoms with Gasteiger partial charge >= 0.3 is 41.2 Å². The summed E-state index contributed by atoms with van der Waals surface area (Å²) in [5.74, 6) is 2.50. The number of hydroxylamine groups is 5. The number of hydrazine groups is 1. The van der Waals surface area contributed by atoms with Crippen molar-refractivity contribution in [2.24, 2.45) is 37.7 Å². The van der Waals surface area contributed by atoms with Crippen molar-refractivity contribution in [1.29, 1.82) is 0 Å². The fourth-order valence-corrected chi connectivity index (χ4v) is 6.34. The van der Waals surface area contributed by atoms with E-state index >= 15 is 0 Å². The summed E-state index contributed by atoms with van der Waals surface area (Å²) in [6, 6.07) is 19.0. The number of carbonyl (C=O) groups is 6. The number of urea groups is 6. The first-order chi connectivity index (χ1) is 37.5. The number of aryl methyl sites for hydroxylation is 1. The van der Waals surface area contributed by atoms with E-state index in [4.69, 9.17) is 59.5 Å². The molecule has 38 heteroatoms. The number of thiophene rings is 1. The number of carbonyl (C=O) groups excluding carboxylic acids is 6. The van der Waals surface area contributed by atoms with E-state index in [1.807, 2.05) is 52.7 Å². The normalized spacial score (nSPS) is 10.1. The zero-order valence-corrected chi connectivity index (χ0v) is 42.1. The average molecular weight is 1170 g/mol. The molecule has 0 bridgehead atoms. The van der Waals surface area contributed by atoms with E-state index in [0.717, 1.165) is 56.9 Å². The molecular weight excluding hydrogens is 1120 g/mol. The summed E-state index contributed by atoms with van der Waals surface area (Å²) < 4.78 is 0. The first-order valence-electron chi connectivity index (χ1n) is 20.4. The zero-order chi connectivity index (χ0) is 59.6. The molecule has 0 aliphatic carbocycles. The molecule has 35 nitrogen and oxygen atoms in total. The second-order valence-corrected chi connectivity index (χ2v) is 15.4. The molecule has 0 spiro atoms. The molecule has 6 rings (SSSR count). The van der Waals surface area contributed by atoms with Crippen molar-refractivity contribution in [3.63, 3.8) is 0 Å². The lowest BCUT2D eigenvalue weighted by molar-refractivity contribution is -0.380. The van der Waals surface area contributed by atoms with Crippen LogP contribution in [0.15, 0.2) is 105 Å². The Morgan fingerprint density at radius 1 is 0.570 bits per heavy atom. The molecule has 0 unspecified atom stereocenters. The largest absolute Gasteiger partial charge is 0.506 e. The van der Waals surface area contributed by atoms with Crippen LogP contribution in [-0.4, -0.2) is 112 Å². The molecule has 0 aliphatic heterocycles. The Labute approximate surface area is 455 Å². The molecule has 1 aromatic heterocycles. The number of halogens is 2. The van der Waals surface area contributed by atoms with Crippen LogP contribution in [0.25, 0.3) is 21.5 Å². The molecule has 79 heavy (non-hydrogen) atoms. The van der Waals surface area contributed by atoms with Gasteiger partial charge in [-0.05, 0) is 64.4 Å². The average Bonchev–Trinajstić information content (AvgIpc) is 3.94. The summed E-state index contributed by atoms with van der Waals surface area (Å²) in [4.78, 5) is 71.3. The molecule has 0 atom stereocenters. The van der Waals surface area contributed by atoms with E-state index in [1.165, 1.54) is 69.5 Å². The van der Waals surface area contributed by atoms with E-state index in [-0.39, 0.29) is 26.9 Å². The number of rotatable bonds is 9. The number of nitrogens with one attached hydrogen (secondary N) is 10. The zero-order valence-electron chi connectivity index (χ0n) is 39.8. The Balaban J connectivity index is 0.000000502. The highest BCUT2D eigenvalue weighted by Crippen LogP contribution is 2.36. The molecule has 0 saturated carbocycles. The number of nitro groups is 1. The summed E-state index contributed by atoms with van der Waals surface area (Å²) in [6.45, 7) is 2.10. The number of nitrogens with zero attached hydrogens (tertiary/aromatic N) is 5. The number of benzene rings is 5. The van der Waals surface area contributed by atoms with Gasteiger partial charge in [-0.2, -0.15) is 20.4 Å². The Morgan fingerprint density at radius 3 is 1.39 bits per heavy atom. The van der Waals surface area contributed by atoms with Gasteiger partial charge in [0, 0.05) is 27.8 Å². The number of aromatic hydroxyl groups is 4. The maximum atomic E-state index is 11.0. The standard InChI is InChI=1S/C17H15N3O2.C8H7Cl2N3O3.C8H9N3O5.C6H6N4O4S.CH5N3O.CH4N2O2/c1-11-12-6-2-4-8-14(12)16(10-18-19-17(21)20-22)15-9-5-3-7-13(11)15;9-5-1-4(7(14)6(10)2-5)3-11-12-8(15)13-16;12-5-2-1-4(6(13)7(5)14)3-9-10-8(15)11-16;11-6(9-12)8-7-3-4-1-2-5(15-4)10(13)14;2-1(5)4-3;2-1(4)3-5/h2-10,22H,1H3,(H2,19,20,21);1-3,14,16H,(H2,12,13,15);1-3,12-14,16H,(H2,10,11,15);1-3,12H,(H2,8,9,11);3H2,(H3,2,4,5);5H,(H3,2,3,4). The summed E-state index contributed by atoms with van der Waals surface area (Å²) in [5.41, 5.74) is 27.2. The monoisotopic (exact) mass is 1160 g/mol. The fraction of sp³-hybridized carbons (Fsp3) is 0.0244. The molecule has 0 saturated heterocycles. The number of phenolic OH excluding ortho intramolecular Hbond substituents is 4. The molecule has 25 N–H and O–H groups in total. The minimum atomic E-state index is -0.959.